The minimum absolute atomic E-state index is 0.196. The normalized spacial score (nSPS) is 12.9. The lowest BCUT2D eigenvalue weighted by atomic mass is 10.0. The summed E-state index contributed by atoms with van der Waals surface area (Å²) < 4.78 is 6.20. The lowest BCUT2D eigenvalue weighted by molar-refractivity contribution is 0.335. The number of hydrogen-bond acceptors (Lipinski definition) is 4. The van der Waals surface area contributed by atoms with Crippen molar-refractivity contribution < 1.29 is 4.52 Å². The number of aromatic nitrogens is 2. The zero-order valence-electron chi connectivity index (χ0n) is 10.4. The summed E-state index contributed by atoms with van der Waals surface area (Å²) in [6, 6.07) is 7.58. The van der Waals surface area contributed by atoms with Gasteiger partial charge in [0.2, 0.25) is 11.7 Å². The van der Waals surface area contributed by atoms with Crippen LogP contribution in [-0.2, 0) is 0 Å². The van der Waals surface area contributed by atoms with E-state index >= 15 is 0 Å². The van der Waals surface area contributed by atoms with Gasteiger partial charge in [-0.05, 0) is 24.5 Å². The van der Waals surface area contributed by atoms with Crippen LogP contribution in [0.1, 0.15) is 32.2 Å². The molecule has 18 heavy (non-hydrogen) atoms. The molecule has 1 heterocycles. The molecular weight excluding hydrogens is 294 g/mol. The zero-order chi connectivity index (χ0) is 13.1. The first kappa shape index (κ1) is 13.2. The second-order valence-electron chi connectivity index (χ2n) is 4.70. The number of benzene rings is 1. The van der Waals surface area contributed by atoms with Gasteiger partial charge in [-0.2, -0.15) is 4.98 Å². The van der Waals surface area contributed by atoms with Crippen LogP contribution in [0.3, 0.4) is 0 Å². The van der Waals surface area contributed by atoms with Crippen molar-refractivity contribution in [3.8, 4) is 11.4 Å². The molecule has 0 radical (unpaired) electrons. The van der Waals surface area contributed by atoms with Gasteiger partial charge in [-0.15, -0.1) is 0 Å². The maximum atomic E-state index is 6.01. The third kappa shape index (κ3) is 3.17. The summed E-state index contributed by atoms with van der Waals surface area (Å²) in [5, 5.41) is 3.97. The molecule has 96 valence electrons. The summed E-state index contributed by atoms with van der Waals surface area (Å²) in [7, 11) is 0. The number of nitrogens with two attached hydrogens (primary N) is 1. The molecule has 1 atom stereocenters. The smallest absolute Gasteiger partial charge is 0.243 e. The lowest BCUT2D eigenvalue weighted by Crippen LogP contribution is -2.13. The van der Waals surface area contributed by atoms with Gasteiger partial charge >= 0.3 is 0 Å². The monoisotopic (exact) mass is 309 g/mol. The first-order valence-electron chi connectivity index (χ1n) is 5.91. The molecular formula is C13H16BrN3O. The Morgan fingerprint density at radius 2 is 2.17 bits per heavy atom. The topological polar surface area (TPSA) is 64.9 Å². The molecule has 2 N–H and O–H groups in total. The highest BCUT2D eigenvalue weighted by Crippen LogP contribution is 2.23. The highest BCUT2D eigenvalue weighted by Gasteiger charge is 2.16. The highest BCUT2D eigenvalue weighted by atomic mass is 79.9. The van der Waals surface area contributed by atoms with E-state index in [4.69, 9.17) is 10.3 Å². The molecule has 2 rings (SSSR count). The van der Waals surface area contributed by atoms with Gasteiger partial charge in [0.05, 0.1) is 6.04 Å². The van der Waals surface area contributed by atoms with Crippen molar-refractivity contribution in [2.24, 2.45) is 11.7 Å². The van der Waals surface area contributed by atoms with Gasteiger partial charge in [0, 0.05) is 10.0 Å². The maximum Gasteiger partial charge on any atom is 0.243 e. The van der Waals surface area contributed by atoms with Gasteiger partial charge in [-0.1, -0.05) is 47.1 Å². The molecule has 0 spiro atoms. The van der Waals surface area contributed by atoms with Crippen LogP contribution in [0.25, 0.3) is 11.4 Å². The molecule has 1 unspecified atom stereocenters. The Morgan fingerprint density at radius 3 is 2.83 bits per heavy atom. The molecule has 2 aromatic rings. The summed E-state index contributed by atoms with van der Waals surface area (Å²) in [6.45, 7) is 4.23. The Hall–Kier alpha value is -1.20. The molecule has 1 aromatic heterocycles. The molecule has 0 saturated heterocycles. The number of nitrogens with zero attached hydrogens (tertiary/aromatic N) is 2. The van der Waals surface area contributed by atoms with E-state index in [2.05, 4.69) is 39.9 Å². The van der Waals surface area contributed by atoms with Gasteiger partial charge < -0.3 is 10.3 Å². The van der Waals surface area contributed by atoms with Gasteiger partial charge in [0.1, 0.15) is 0 Å². The predicted molar refractivity (Wildman–Crippen MR) is 73.8 cm³/mol. The fourth-order valence-electron chi connectivity index (χ4n) is 1.74. The standard InChI is InChI=1S/C13H16BrN3O/c1-8(2)6-11(15)13-16-12(17-18-13)9-4-3-5-10(14)7-9/h3-5,7-8,11H,6,15H2,1-2H3. The van der Waals surface area contributed by atoms with Crippen molar-refractivity contribution in [3.63, 3.8) is 0 Å². The van der Waals surface area contributed by atoms with E-state index in [1.165, 1.54) is 0 Å². The second kappa shape index (κ2) is 5.63. The van der Waals surface area contributed by atoms with Crippen LogP contribution in [0, 0.1) is 5.92 Å². The fourth-order valence-corrected chi connectivity index (χ4v) is 2.14. The molecule has 1 aromatic carbocycles. The minimum Gasteiger partial charge on any atom is -0.337 e. The Balaban J connectivity index is 2.20. The van der Waals surface area contributed by atoms with E-state index in [1.807, 2.05) is 24.3 Å². The Bertz CT molecular complexity index is 524. The third-order valence-electron chi connectivity index (χ3n) is 2.57. The van der Waals surface area contributed by atoms with Gasteiger partial charge in [-0.25, -0.2) is 0 Å². The van der Waals surface area contributed by atoms with E-state index in [1.54, 1.807) is 0 Å². The average molecular weight is 310 g/mol. The largest absolute Gasteiger partial charge is 0.337 e. The van der Waals surface area contributed by atoms with Crippen LogP contribution in [0.5, 0.6) is 0 Å². The van der Waals surface area contributed by atoms with Crippen molar-refractivity contribution in [2.45, 2.75) is 26.3 Å². The van der Waals surface area contributed by atoms with Crippen molar-refractivity contribution >= 4 is 15.9 Å². The molecule has 0 fully saturated rings. The summed E-state index contributed by atoms with van der Waals surface area (Å²) in [6.07, 6.45) is 0.833. The SMILES string of the molecule is CC(C)CC(N)c1nc(-c2cccc(Br)c2)no1. The summed E-state index contributed by atoms with van der Waals surface area (Å²) in [5.74, 6) is 1.57. The first-order valence-corrected chi connectivity index (χ1v) is 6.70. The van der Waals surface area contributed by atoms with Crippen LogP contribution in [-0.4, -0.2) is 10.1 Å². The van der Waals surface area contributed by atoms with E-state index < -0.39 is 0 Å². The molecule has 0 saturated carbocycles. The lowest BCUT2D eigenvalue weighted by Gasteiger charge is -2.08. The van der Waals surface area contributed by atoms with Crippen molar-refractivity contribution in [2.75, 3.05) is 0 Å². The van der Waals surface area contributed by atoms with E-state index in [0.29, 0.717) is 17.6 Å². The first-order chi connectivity index (χ1) is 8.56. The number of rotatable bonds is 4. The molecule has 0 aliphatic heterocycles. The second-order valence-corrected chi connectivity index (χ2v) is 5.62. The highest BCUT2D eigenvalue weighted by molar-refractivity contribution is 9.10. The minimum atomic E-state index is -0.196. The van der Waals surface area contributed by atoms with Crippen LogP contribution >= 0.6 is 15.9 Å². The van der Waals surface area contributed by atoms with E-state index in [0.717, 1.165) is 16.5 Å². The van der Waals surface area contributed by atoms with Gasteiger partial charge in [0.25, 0.3) is 0 Å². The maximum absolute atomic E-state index is 6.01. The number of hydrogen-bond donors (Lipinski definition) is 1. The van der Waals surface area contributed by atoms with E-state index in [9.17, 15) is 0 Å². The molecule has 0 aliphatic carbocycles. The number of halogens is 1. The Labute approximate surface area is 115 Å². The summed E-state index contributed by atoms with van der Waals surface area (Å²) >= 11 is 3.42. The average Bonchev–Trinajstić information content (AvgIpc) is 2.77. The van der Waals surface area contributed by atoms with Crippen molar-refractivity contribution in [1.82, 2.24) is 10.1 Å². The third-order valence-corrected chi connectivity index (χ3v) is 3.06. The zero-order valence-corrected chi connectivity index (χ0v) is 12.0. The molecule has 0 amide bonds. The van der Waals surface area contributed by atoms with Gasteiger partial charge in [0.15, 0.2) is 0 Å². The quantitative estimate of drug-likeness (QED) is 0.938. The van der Waals surface area contributed by atoms with Crippen LogP contribution in [0.4, 0.5) is 0 Å². The fraction of sp³-hybridized carbons (Fsp3) is 0.385. The molecule has 5 heteroatoms. The Morgan fingerprint density at radius 1 is 1.39 bits per heavy atom. The molecule has 0 aliphatic rings. The predicted octanol–water partition coefficient (Wildman–Crippen LogP) is 3.55. The van der Waals surface area contributed by atoms with Crippen LogP contribution < -0.4 is 5.73 Å². The summed E-state index contributed by atoms with van der Waals surface area (Å²) in [5.41, 5.74) is 6.92. The molecule has 4 nitrogen and oxygen atoms in total. The Kier molecular flexibility index (Phi) is 4.14. The van der Waals surface area contributed by atoms with Crippen LogP contribution in [0.2, 0.25) is 0 Å². The van der Waals surface area contributed by atoms with Crippen molar-refractivity contribution in [1.29, 1.82) is 0 Å². The van der Waals surface area contributed by atoms with Crippen molar-refractivity contribution in [3.05, 3.63) is 34.6 Å². The molecule has 0 bridgehead atoms. The van der Waals surface area contributed by atoms with Crippen LogP contribution in [0.15, 0.2) is 33.3 Å². The van der Waals surface area contributed by atoms with Gasteiger partial charge in [-0.3, -0.25) is 0 Å². The summed E-state index contributed by atoms with van der Waals surface area (Å²) in [4.78, 5) is 4.35. The van der Waals surface area contributed by atoms with E-state index in [-0.39, 0.29) is 6.04 Å².